The van der Waals surface area contributed by atoms with Crippen LogP contribution in [0.1, 0.15) is 12.5 Å². The van der Waals surface area contributed by atoms with Crippen LogP contribution in [0.4, 0.5) is 0 Å². The molecule has 2 aromatic rings. The first-order chi connectivity index (χ1) is 7.81. The van der Waals surface area contributed by atoms with Crippen molar-refractivity contribution in [2.75, 3.05) is 6.61 Å². The van der Waals surface area contributed by atoms with Crippen LogP contribution < -0.4 is 0 Å². The first-order valence-corrected chi connectivity index (χ1v) is 5.28. The summed E-state index contributed by atoms with van der Waals surface area (Å²) in [4.78, 5) is 15.5. The summed E-state index contributed by atoms with van der Waals surface area (Å²) < 4.78 is 4.94. The predicted octanol–water partition coefficient (Wildman–Crippen LogP) is 2.34. The summed E-state index contributed by atoms with van der Waals surface area (Å²) in [6.07, 6.45) is 3.83. The molecule has 1 aromatic heterocycles. The Morgan fingerprint density at radius 3 is 3.06 bits per heavy atom. The SMILES string of the molecule is CCOC(=O)Cc1cccc2ccncc12. The highest BCUT2D eigenvalue weighted by Crippen LogP contribution is 2.17. The molecule has 0 saturated heterocycles. The van der Waals surface area contributed by atoms with Crippen molar-refractivity contribution >= 4 is 16.7 Å². The molecule has 2 rings (SSSR count). The van der Waals surface area contributed by atoms with Gasteiger partial charge in [-0.3, -0.25) is 9.78 Å². The standard InChI is InChI=1S/C13H13NO2/c1-2-16-13(15)8-11-5-3-4-10-6-7-14-9-12(10)11/h3-7,9H,2,8H2,1H3. The first kappa shape index (κ1) is 10.6. The van der Waals surface area contributed by atoms with Gasteiger partial charge >= 0.3 is 5.97 Å². The van der Waals surface area contributed by atoms with Gasteiger partial charge in [-0.15, -0.1) is 0 Å². The molecule has 0 spiro atoms. The molecular formula is C13H13NO2. The van der Waals surface area contributed by atoms with E-state index in [2.05, 4.69) is 4.98 Å². The van der Waals surface area contributed by atoms with Crippen molar-refractivity contribution in [2.24, 2.45) is 0 Å². The van der Waals surface area contributed by atoms with Crippen LogP contribution in [0, 0.1) is 0 Å². The van der Waals surface area contributed by atoms with Crippen molar-refractivity contribution in [3.8, 4) is 0 Å². The maximum absolute atomic E-state index is 11.4. The number of ether oxygens (including phenoxy) is 1. The van der Waals surface area contributed by atoms with Crippen LogP contribution in [-0.4, -0.2) is 17.6 Å². The van der Waals surface area contributed by atoms with E-state index in [1.165, 1.54) is 0 Å². The maximum Gasteiger partial charge on any atom is 0.310 e. The van der Waals surface area contributed by atoms with E-state index in [-0.39, 0.29) is 5.97 Å². The van der Waals surface area contributed by atoms with Crippen molar-refractivity contribution in [3.05, 3.63) is 42.2 Å². The van der Waals surface area contributed by atoms with E-state index in [4.69, 9.17) is 4.74 Å². The number of benzene rings is 1. The third kappa shape index (κ3) is 2.19. The number of esters is 1. The van der Waals surface area contributed by atoms with Crippen LogP contribution in [0.25, 0.3) is 10.8 Å². The molecule has 0 amide bonds. The highest BCUT2D eigenvalue weighted by molar-refractivity contribution is 5.88. The smallest absolute Gasteiger partial charge is 0.310 e. The Bertz CT molecular complexity index is 503. The Morgan fingerprint density at radius 2 is 2.25 bits per heavy atom. The number of aromatic nitrogens is 1. The fourth-order valence-corrected chi connectivity index (χ4v) is 1.70. The Labute approximate surface area is 94.1 Å². The molecule has 1 aromatic carbocycles. The molecule has 0 radical (unpaired) electrons. The monoisotopic (exact) mass is 215 g/mol. The summed E-state index contributed by atoms with van der Waals surface area (Å²) in [5.41, 5.74) is 0.962. The van der Waals surface area contributed by atoms with Gasteiger partial charge in [0.2, 0.25) is 0 Å². The van der Waals surface area contributed by atoms with E-state index in [1.54, 1.807) is 12.4 Å². The van der Waals surface area contributed by atoms with Crippen LogP contribution in [0.5, 0.6) is 0 Å². The molecule has 1 heterocycles. The van der Waals surface area contributed by atoms with Gasteiger partial charge in [-0.1, -0.05) is 18.2 Å². The number of pyridine rings is 1. The minimum Gasteiger partial charge on any atom is -0.466 e. The summed E-state index contributed by atoms with van der Waals surface area (Å²) in [7, 11) is 0. The molecule has 0 atom stereocenters. The zero-order valence-electron chi connectivity index (χ0n) is 9.14. The number of nitrogens with zero attached hydrogens (tertiary/aromatic N) is 1. The van der Waals surface area contributed by atoms with Gasteiger partial charge in [0.05, 0.1) is 13.0 Å². The molecule has 0 unspecified atom stereocenters. The third-order valence-electron chi connectivity index (χ3n) is 2.41. The fraction of sp³-hybridized carbons (Fsp3) is 0.231. The van der Waals surface area contributed by atoms with Gasteiger partial charge < -0.3 is 4.74 Å². The number of fused-ring (bicyclic) bond motifs is 1. The molecule has 0 saturated carbocycles. The zero-order valence-corrected chi connectivity index (χ0v) is 9.14. The summed E-state index contributed by atoms with van der Waals surface area (Å²) in [5, 5.41) is 2.11. The molecule has 0 aliphatic rings. The molecule has 0 aliphatic carbocycles. The van der Waals surface area contributed by atoms with Crippen LogP contribution in [0.2, 0.25) is 0 Å². The van der Waals surface area contributed by atoms with Gasteiger partial charge in [0.15, 0.2) is 0 Å². The van der Waals surface area contributed by atoms with E-state index in [0.717, 1.165) is 16.3 Å². The Hall–Kier alpha value is -1.90. The average Bonchev–Trinajstić information content (AvgIpc) is 2.30. The van der Waals surface area contributed by atoms with Crippen LogP contribution in [0.3, 0.4) is 0 Å². The van der Waals surface area contributed by atoms with Gasteiger partial charge in [0.25, 0.3) is 0 Å². The van der Waals surface area contributed by atoms with E-state index in [9.17, 15) is 4.79 Å². The van der Waals surface area contributed by atoms with Crippen molar-refractivity contribution in [1.82, 2.24) is 4.98 Å². The molecule has 0 N–H and O–H groups in total. The number of hydrogen-bond donors (Lipinski definition) is 0. The second kappa shape index (κ2) is 4.75. The van der Waals surface area contributed by atoms with E-state index in [0.29, 0.717) is 13.0 Å². The second-order valence-corrected chi connectivity index (χ2v) is 3.50. The van der Waals surface area contributed by atoms with Gasteiger partial charge in [-0.25, -0.2) is 0 Å². The minimum atomic E-state index is -0.196. The lowest BCUT2D eigenvalue weighted by Gasteiger charge is -2.05. The summed E-state index contributed by atoms with van der Waals surface area (Å²) in [6.45, 7) is 2.23. The molecule has 82 valence electrons. The molecular weight excluding hydrogens is 202 g/mol. The minimum absolute atomic E-state index is 0.196. The lowest BCUT2D eigenvalue weighted by molar-refractivity contribution is -0.142. The molecule has 0 fully saturated rings. The van der Waals surface area contributed by atoms with Gasteiger partial charge in [0, 0.05) is 17.8 Å². The zero-order chi connectivity index (χ0) is 11.4. The van der Waals surface area contributed by atoms with Crippen molar-refractivity contribution in [3.63, 3.8) is 0 Å². The number of carbonyl (C=O) groups is 1. The molecule has 3 heteroatoms. The number of rotatable bonds is 3. The normalized spacial score (nSPS) is 10.3. The van der Waals surface area contributed by atoms with Crippen molar-refractivity contribution < 1.29 is 9.53 Å². The molecule has 0 aliphatic heterocycles. The average molecular weight is 215 g/mol. The maximum atomic E-state index is 11.4. The topological polar surface area (TPSA) is 39.2 Å². The van der Waals surface area contributed by atoms with Crippen LogP contribution in [0.15, 0.2) is 36.7 Å². The Morgan fingerprint density at radius 1 is 1.38 bits per heavy atom. The lowest BCUT2D eigenvalue weighted by Crippen LogP contribution is -2.07. The quantitative estimate of drug-likeness (QED) is 0.738. The molecule has 0 bridgehead atoms. The lowest BCUT2D eigenvalue weighted by atomic mass is 10.0. The van der Waals surface area contributed by atoms with Gasteiger partial charge in [-0.05, 0) is 23.9 Å². The summed E-state index contributed by atoms with van der Waals surface area (Å²) in [6, 6.07) is 7.81. The molecule has 3 nitrogen and oxygen atoms in total. The van der Waals surface area contributed by atoms with Crippen molar-refractivity contribution in [1.29, 1.82) is 0 Å². The van der Waals surface area contributed by atoms with Crippen LogP contribution >= 0.6 is 0 Å². The first-order valence-electron chi connectivity index (χ1n) is 5.28. The summed E-state index contributed by atoms with van der Waals surface area (Å²) >= 11 is 0. The third-order valence-corrected chi connectivity index (χ3v) is 2.41. The summed E-state index contributed by atoms with van der Waals surface area (Å²) in [5.74, 6) is -0.196. The predicted molar refractivity (Wildman–Crippen MR) is 62.1 cm³/mol. The number of hydrogen-bond acceptors (Lipinski definition) is 3. The fourth-order valence-electron chi connectivity index (χ4n) is 1.70. The van der Waals surface area contributed by atoms with Crippen molar-refractivity contribution in [2.45, 2.75) is 13.3 Å². The number of carbonyl (C=O) groups excluding carboxylic acids is 1. The van der Waals surface area contributed by atoms with E-state index in [1.807, 2.05) is 31.2 Å². The molecule has 16 heavy (non-hydrogen) atoms. The van der Waals surface area contributed by atoms with Gasteiger partial charge in [0.1, 0.15) is 0 Å². The highest BCUT2D eigenvalue weighted by atomic mass is 16.5. The largest absolute Gasteiger partial charge is 0.466 e. The van der Waals surface area contributed by atoms with Crippen LogP contribution in [-0.2, 0) is 16.0 Å². The van der Waals surface area contributed by atoms with E-state index < -0.39 is 0 Å². The van der Waals surface area contributed by atoms with E-state index >= 15 is 0 Å². The second-order valence-electron chi connectivity index (χ2n) is 3.50. The van der Waals surface area contributed by atoms with Gasteiger partial charge in [-0.2, -0.15) is 0 Å². The highest BCUT2D eigenvalue weighted by Gasteiger charge is 2.07. The Balaban J connectivity index is 2.33. The Kier molecular flexibility index (Phi) is 3.15.